The third-order valence-corrected chi connectivity index (χ3v) is 2.97. The fourth-order valence-corrected chi connectivity index (χ4v) is 1.80. The molecule has 0 aliphatic carbocycles. The summed E-state index contributed by atoms with van der Waals surface area (Å²) >= 11 is 0. The second-order valence-corrected chi connectivity index (χ2v) is 4.56. The van der Waals surface area contributed by atoms with Crippen molar-refractivity contribution >= 4 is 11.6 Å². The lowest BCUT2D eigenvalue weighted by Gasteiger charge is -2.19. The van der Waals surface area contributed by atoms with Gasteiger partial charge in [0.25, 0.3) is 0 Å². The summed E-state index contributed by atoms with van der Waals surface area (Å²) < 4.78 is 0. The topological polar surface area (TPSA) is 32.3 Å². The van der Waals surface area contributed by atoms with E-state index in [9.17, 15) is 4.79 Å². The Morgan fingerprint density at radius 1 is 1.22 bits per heavy atom. The van der Waals surface area contributed by atoms with Crippen LogP contribution in [0.15, 0.2) is 30.3 Å². The first-order chi connectivity index (χ1) is 8.74. The van der Waals surface area contributed by atoms with Gasteiger partial charge in [0.1, 0.15) is 0 Å². The lowest BCUT2D eigenvalue weighted by molar-refractivity contribution is -0.121. The first-order valence-corrected chi connectivity index (χ1v) is 6.77. The van der Waals surface area contributed by atoms with Crippen LogP contribution in [0.2, 0.25) is 0 Å². The summed E-state index contributed by atoms with van der Waals surface area (Å²) in [4.78, 5) is 13.7. The van der Waals surface area contributed by atoms with E-state index in [0.29, 0.717) is 13.0 Å². The van der Waals surface area contributed by atoms with Crippen LogP contribution in [0.3, 0.4) is 0 Å². The van der Waals surface area contributed by atoms with Gasteiger partial charge in [-0.25, -0.2) is 0 Å². The summed E-state index contributed by atoms with van der Waals surface area (Å²) in [5, 5.41) is 2.96. The fourth-order valence-electron chi connectivity index (χ4n) is 1.80. The standard InChI is InChI=1S/C15H24N2O/c1-3-4-6-11-15(18)16-12-13-17(2)14-9-7-5-8-10-14/h5,7-10H,3-4,6,11-13H2,1-2H3,(H,16,18). The number of anilines is 1. The highest BCUT2D eigenvalue weighted by Gasteiger charge is 2.02. The minimum Gasteiger partial charge on any atom is -0.373 e. The number of rotatable bonds is 8. The van der Waals surface area contributed by atoms with Crippen LogP contribution < -0.4 is 10.2 Å². The number of hydrogen-bond donors (Lipinski definition) is 1. The maximum atomic E-state index is 11.5. The number of nitrogens with one attached hydrogen (secondary N) is 1. The molecule has 0 saturated heterocycles. The Hall–Kier alpha value is -1.51. The van der Waals surface area contributed by atoms with Crippen molar-refractivity contribution in [1.29, 1.82) is 0 Å². The number of likely N-dealkylation sites (N-methyl/N-ethyl adjacent to an activating group) is 1. The van der Waals surface area contributed by atoms with E-state index >= 15 is 0 Å². The molecule has 1 amide bonds. The van der Waals surface area contributed by atoms with Gasteiger partial charge in [0.05, 0.1) is 0 Å². The van der Waals surface area contributed by atoms with E-state index in [1.165, 1.54) is 5.69 Å². The first kappa shape index (κ1) is 14.6. The van der Waals surface area contributed by atoms with E-state index in [4.69, 9.17) is 0 Å². The third kappa shape index (κ3) is 5.71. The SMILES string of the molecule is CCCCCC(=O)NCCN(C)c1ccccc1. The Morgan fingerprint density at radius 2 is 1.94 bits per heavy atom. The van der Waals surface area contributed by atoms with Gasteiger partial charge in [0.2, 0.25) is 5.91 Å². The minimum absolute atomic E-state index is 0.171. The van der Waals surface area contributed by atoms with Crippen molar-refractivity contribution in [3.8, 4) is 0 Å². The number of carbonyl (C=O) groups excluding carboxylic acids is 1. The molecule has 0 fully saturated rings. The van der Waals surface area contributed by atoms with E-state index in [1.54, 1.807) is 0 Å². The predicted molar refractivity (Wildman–Crippen MR) is 76.9 cm³/mol. The van der Waals surface area contributed by atoms with Crippen LogP contribution in [0, 0.1) is 0 Å². The molecule has 3 heteroatoms. The average Bonchev–Trinajstić information content (AvgIpc) is 2.40. The van der Waals surface area contributed by atoms with Crippen molar-refractivity contribution in [2.24, 2.45) is 0 Å². The van der Waals surface area contributed by atoms with Gasteiger partial charge in [-0.2, -0.15) is 0 Å². The van der Waals surface area contributed by atoms with E-state index < -0.39 is 0 Å². The Labute approximate surface area is 110 Å². The number of carbonyl (C=O) groups is 1. The Bertz CT molecular complexity index is 338. The maximum Gasteiger partial charge on any atom is 0.220 e. The van der Waals surface area contributed by atoms with Gasteiger partial charge in [-0.15, -0.1) is 0 Å². The number of unbranched alkanes of at least 4 members (excludes halogenated alkanes) is 2. The van der Waals surface area contributed by atoms with Gasteiger partial charge in [-0.1, -0.05) is 38.0 Å². The monoisotopic (exact) mass is 248 g/mol. The molecule has 1 aromatic carbocycles. The third-order valence-electron chi connectivity index (χ3n) is 2.97. The molecule has 0 unspecified atom stereocenters. The summed E-state index contributed by atoms with van der Waals surface area (Å²) in [6.07, 6.45) is 3.95. The molecule has 0 aliphatic heterocycles. The quantitative estimate of drug-likeness (QED) is 0.717. The lowest BCUT2D eigenvalue weighted by atomic mass is 10.2. The van der Waals surface area contributed by atoms with Crippen LogP contribution in [0.1, 0.15) is 32.6 Å². The molecule has 0 aliphatic rings. The molecule has 100 valence electrons. The molecule has 0 atom stereocenters. The molecule has 1 N–H and O–H groups in total. The van der Waals surface area contributed by atoms with Crippen LogP contribution in [0.5, 0.6) is 0 Å². The average molecular weight is 248 g/mol. The Morgan fingerprint density at radius 3 is 2.61 bits per heavy atom. The Balaban J connectivity index is 2.16. The minimum atomic E-state index is 0.171. The van der Waals surface area contributed by atoms with Gasteiger partial charge >= 0.3 is 0 Å². The van der Waals surface area contributed by atoms with Crippen molar-refractivity contribution in [3.63, 3.8) is 0 Å². The lowest BCUT2D eigenvalue weighted by Crippen LogP contribution is -2.32. The van der Waals surface area contributed by atoms with Crippen molar-refractivity contribution in [2.75, 3.05) is 25.0 Å². The molecule has 3 nitrogen and oxygen atoms in total. The van der Waals surface area contributed by atoms with Gasteiger partial charge < -0.3 is 10.2 Å². The number of amides is 1. The van der Waals surface area contributed by atoms with Crippen LogP contribution in [0.25, 0.3) is 0 Å². The molecule has 1 aromatic rings. The van der Waals surface area contributed by atoms with Crippen LogP contribution in [-0.2, 0) is 4.79 Å². The molecule has 1 rings (SSSR count). The predicted octanol–water partition coefficient (Wildman–Crippen LogP) is 2.82. The van der Waals surface area contributed by atoms with Crippen molar-refractivity contribution < 1.29 is 4.79 Å². The summed E-state index contributed by atoms with van der Waals surface area (Å²) in [6, 6.07) is 10.2. The van der Waals surface area contributed by atoms with Gasteiger partial charge in [0.15, 0.2) is 0 Å². The zero-order valence-corrected chi connectivity index (χ0v) is 11.5. The molecular weight excluding hydrogens is 224 g/mol. The summed E-state index contributed by atoms with van der Waals surface area (Å²) in [7, 11) is 2.04. The van der Waals surface area contributed by atoms with Crippen molar-refractivity contribution in [3.05, 3.63) is 30.3 Å². The zero-order valence-electron chi connectivity index (χ0n) is 11.5. The number of nitrogens with zero attached hydrogens (tertiary/aromatic N) is 1. The van der Waals surface area contributed by atoms with Crippen LogP contribution >= 0.6 is 0 Å². The highest BCUT2D eigenvalue weighted by atomic mass is 16.1. The normalized spacial score (nSPS) is 10.1. The second-order valence-electron chi connectivity index (χ2n) is 4.56. The van der Waals surface area contributed by atoms with Gasteiger partial charge in [-0.3, -0.25) is 4.79 Å². The van der Waals surface area contributed by atoms with E-state index in [2.05, 4.69) is 29.3 Å². The van der Waals surface area contributed by atoms with Gasteiger partial charge in [0, 0.05) is 32.2 Å². The van der Waals surface area contributed by atoms with Crippen molar-refractivity contribution in [2.45, 2.75) is 32.6 Å². The number of benzene rings is 1. The molecule has 0 bridgehead atoms. The summed E-state index contributed by atoms with van der Waals surface area (Å²) in [6.45, 7) is 3.69. The molecule has 18 heavy (non-hydrogen) atoms. The summed E-state index contributed by atoms with van der Waals surface area (Å²) in [5.74, 6) is 0.171. The van der Waals surface area contributed by atoms with Crippen LogP contribution in [0.4, 0.5) is 5.69 Å². The molecule has 0 aromatic heterocycles. The number of hydrogen-bond acceptors (Lipinski definition) is 2. The first-order valence-electron chi connectivity index (χ1n) is 6.77. The molecular formula is C15H24N2O. The summed E-state index contributed by atoms with van der Waals surface area (Å²) in [5.41, 5.74) is 1.18. The van der Waals surface area contributed by atoms with E-state index in [1.807, 2.05) is 25.2 Å². The second kappa shape index (κ2) is 8.56. The largest absolute Gasteiger partial charge is 0.373 e. The zero-order chi connectivity index (χ0) is 13.2. The number of para-hydroxylation sites is 1. The van der Waals surface area contributed by atoms with E-state index in [0.717, 1.165) is 25.8 Å². The maximum absolute atomic E-state index is 11.5. The highest BCUT2D eigenvalue weighted by molar-refractivity contribution is 5.75. The molecule has 0 saturated carbocycles. The van der Waals surface area contributed by atoms with E-state index in [-0.39, 0.29) is 5.91 Å². The van der Waals surface area contributed by atoms with Gasteiger partial charge in [-0.05, 0) is 18.6 Å². The molecule has 0 radical (unpaired) electrons. The fraction of sp³-hybridized carbons (Fsp3) is 0.533. The highest BCUT2D eigenvalue weighted by Crippen LogP contribution is 2.09. The molecule has 0 heterocycles. The van der Waals surface area contributed by atoms with Crippen molar-refractivity contribution in [1.82, 2.24) is 5.32 Å². The van der Waals surface area contributed by atoms with Crippen LogP contribution in [-0.4, -0.2) is 26.0 Å². The molecule has 0 spiro atoms. The Kier molecular flexibility index (Phi) is 6.92. The smallest absolute Gasteiger partial charge is 0.220 e.